The van der Waals surface area contributed by atoms with Crippen molar-refractivity contribution >= 4 is 65.0 Å². The molecule has 0 spiro atoms. The van der Waals surface area contributed by atoms with Crippen molar-refractivity contribution in [3.05, 3.63) is 168 Å². The highest BCUT2D eigenvalue weighted by Gasteiger charge is 2.38. The van der Waals surface area contributed by atoms with Gasteiger partial charge in [0, 0.05) is 16.2 Å². The maximum absolute atomic E-state index is 6.60. The molecule has 1 aliphatic rings. The summed E-state index contributed by atoms with van der Waals surface area (Å²) in [6, 6.07) is 56.7. The fourth-order valence-electron chi connectivity index (χ4n) is 9.80. The van der Waals surface area contributed by atoms with Crippen LogP contribution < -0.4 is 0 Å². The molecular formula is C53H40O. The molecule has 0 aliphatic heterocycles. The smallest absolute Gasteiger partial charge is 0.136 e. The number of rotatable bonds is 5. The van der Waals surface area contributed by atoms with Gasteiger partial charge in [-0.2, -0.15) is 0 Å². The Morgan fingerprint density at radius 2 is 1.04 bits per heavy atom. The van der Waals surface area contributed by atoms with E-state index in [1.54, 1.807) is 0 Å². The highest BCUT2D eigenvalue weighted by Crippen LogP contribution is 2.55. The summed E-state index contributed by atoms with van der Waals surface area (Å²) in [7, 11) is 0. The van der Waals surface area contributed by atoms with E-state index in [1.807, 2.05) is 0 Å². The van der Waals surface area contributed by atoms with Gasteiger partial charge in [0.25, 0.3) is 0 Å². The molecule has 0 radical (unpaired) electrons. The van der Waals surface area contributed by atoms with E-state index in [0.29, 0.717) is 0 Å². The molecule has 1 aromatic heterocycles. The van der Waals surface area contributed by atoms with E-state index < -0.39 is 0 Å². The van der Waals surface area contributed by atoms with Gasteiger partial charge >= 0.3 is 0 Å². The highest BCUT2D eigenvalue weighted by molar-refractivity contribution is 6.28. The number of benzene rings is 9. The summed E-state index contributed by atoms with van der Waals surface area (Å²) >= 11 is 0. The predicted molar refractivity (Wildman–Crippen MR) is 231 cm³/mol. The second-order valence-corrected chi connectivity index (χ2v) is 15.8. The highest BCUT2D eigenvalue weighted by atomic mass is 16.3. The summed E-state index contributed by atoms with van der Waals surface area (Å²) in [5, 5.41) is 12.4. The van der Waals surface area contributed by atoms with Crippen molar-refractivity contribution in [1.29, 1.82) is 0 Å². The molecule has 0 saturated heterocycles. The van der Waals surface area contributed by atoms with Crippen LogP contribution in [0.3, 0.4) is 0 Å². The fraction of sp³-hybridized carbons (Fsp3) is 0.132. The monoisotopic (exact) mass is 692 g/mol. The summed E-state index contributed by atoms with van der Waals surface area (Å²) in [5.41, 5.74) is 13.9. The van der Waals surface area contributed by atoms with E-state index in [1.165, 1.54) is 111 Å². The summed E-state index contributed by atoms with van der Waals surface area (Å²) in [6.07, 6.45) is 3.56. The molecule has 1 heterocycles. The van der Waals surface area contributed by atoms with E-state index in [0.717, 1.165) is 23.0 Å². The Hall–Kier alpha value is -6.18. The standard InChI is InChI=1S/C53H40O/c1-4-5-15-32-26-27-41-45(28-32)53(2,3)46-31-43(35-18-8-9-19-36(35)51(41)46)50-39-22-12-10-20-37(39)49(38-21-11-13-23-40(38)50)42-24-14-25-47-52(42)44-29-33-16-6-7-17-34(33)30-48(44)54-47/h6-14,16-31H,4-5,15H2,1-3H3. The van der Waals surface area contributed by atoms with Gasteiger partial charge < -0.3 is 4.42 Å². The lowest BCUT2D eigenvalue weighted by molar-refractivity contribution is 0.659. The normalized spacial score (nSPS) is 13.5. The lowest BCUT2D eigenvalue weighted by atomic mass is 9.78. The van der Waals surface area contributed by atoms with Crippen LogP contribution in [-0.4, -0.2) is 0 Å². The van der Waals surface area contributed by atoms with E-state index in [-0.39, 0.29) is 5.41 Å². The third kappa shape index (κ3) is 4.39. The first kappa shape index (κ1) is 31.4. The van der Waals surface area contributed by atoms with Crippen LogP contribution in [0.2, 0.25) is 0 Å². The molecule has 0 atom stereocenters. The van der Waals surface area contributed by atoms with Gasteiger partial charge in [0.1, 0.15) is 11.2 Å². The topological polar surface area (TPSA) is 13.1 Å². The number of aryl methyl sites for hydroxylation is 1. The third-order valence-electron chi connectivity index (χ3n) is 12.4. The molecule has 258 valence electrons. The molecule has 0 unspecified atom stereocenters. The van der Waals surface area contributed by atoms with Gasteiger partial charge in [0.2, 0.25) is 0 Å². The summed E-state index contributed by atoms with van der Waals surface area (Å²) in [4.78, 5) is 0. The van der Waals surface area contributed by atoms with Crippen molar-refractivity contribution in [3.8, 4) is 33.4 Å². The van der Waals surface area contributed by atoms with Crippen LogP contribution in [0.25, 0.3) is 98.4 Å². The SMILES string of the molecule is CCCCc1ccc2c(c1)C(C)(C)c1cc(-c3c4ccccc4c(-c4cccc5oc6cc7ccccc7cc6c45)c4ccccc34)c3ccccc3c1-2. The molecule has 11 rings (SSSR count). The molecule has 54 heavy (non-hydrogen) atoms. The van der Waals surface area contributed by atoms with E-state index in [9.17, 15) is 0 Å². The molecule has 1 aliphatic carbocycles. The Labute approximate surface area is 315 Å². The van der Waals surface area contributed by atoms with Crippen LogP contribution in [0.1, 0.15) is 50.3 Å². The Morgan fingerprint density at radius 1 is 0.444 bits per heavy atom. The van der Waals surface area contributed by atoms with Gasteiger partial charge in [0.05, 0.1) is 0 Å². The first-order chi connectivity index (χ1) is 26.5. The molecule has 9 aromatic carbocycles. The Balaban J connectivity index is 1.22. The van der Waals surface area contributed by atoms with Crippen LogP contribution in [0.4, 0.5) is 0 Å². The van der Waals surface area contributed by atoms with E-state index in [4.69, 9.17) is 4.42 Å². The number of unbranched alkanes of at least 4 members (excludes halogenated alkanes) is 1. The first-order valence-electron chi connectivity index (χ1n) is 19.5. The van der Waals surface area contributed by atoms with Crippen LogP contribution in [0.15, 0.2) is 156 Å². The number of fused-ring (bicyclic) bond motifs is 11. The quantitative estimate of drug-likeness (QED) is 0.164. The van der Waals surface area contributed by atoms with Gasteiger partial charge in [-0.15, -0.1) is 0 Å². The van der Waals surface area contributed by atoms with Crippen LogP contribution in [-0.2, 0) is 11.8 Å². The van der Waals surface area contributed by atoms with Gasteiger partial charge in [-0.25, -0.2) is 0 Å². The fourth-order valence-corrected chi connectivity index (χ4v) is 9.80. The van der Waals surface area contributed by atoms with Crippen LogP contribution in [0.5, 0.6) is 0 Å². The summed E-state index contributed by atoms with van der Waals surface area (Å²) < 4.78 is 6.60. The Kier molecular flexibility index (Phi) is 6.77. The molecule has 1 nitrogen and oxygen atoms in total. The maximum Gasteiger partial charge on any atom is 0.136 e. The largest absolute Gasteiger partial charge is 0.456 e. The summed E-state index contributed by atoms with van der Waals surface area (Å²) in [6.45, 7) is 7.14. The molecular weight excluding hydrogens is 653 g/mol. The zero-order chi connectivity index (χ0) is 36.1. The van der Waals surface area contributed by atoms with Gasteiger partial charge in [0.15, 0.2) is 0 Å². The molecule has 0 bridgehead atoms. The zero-order valence-corrected chi connectivity index (χ0v) is 31.0. The molecule has 0 N–H and O–H groups in total. The maximum atomic E-state index is 6.60. The van der Waals surface area contributed by atoms with Crippen molar-refractivity contribution in [1.82, 2.24) is 0 Å². The number of furan rings is 1. The van der Waals surface area contributed by atoms with E-state index in [2.05, 4.69) is 172 Å². The minimum atomic E-state index is -0.126. The lowest BCUT2D eigenvalue weighted by Crippen LogP contribution is -2.15. The van der Waals surface area contributed by atoms with Crippen LogP contribution in [0, 0.1) is 0 Å². The minimum absolute atomic E-state index is 0.126. The van der Waals surface area contributed by atoms with Gasteiger partial charge in [-0.1, -0.05) is 155 Å². The lowest BCUT2D eigenvalue weighted by Gasteiger charge is -2.24. The second kappa shape index (κ2) is 11.7. The minimum Gasteiger partial charge on any atom is -0.456 e. The Morgan fingerprint density at radius 3 is 1.70 bits per heavy atom. The van der Waals surface area contributed by atoms with Gasteiger partial charge in [-0.3, -0.25) is 0 Å². The van der Waals surface area contributed by atoms with Crippen molar-refractivity contribution in [3.63, 3.8) is 0 Å². The van der Waals surface area contributed by atoms with E-state index >= 15 is 0 Å². The first-order valence-corrected chi connectivity index (χ1v) is 19.5. The Bertz CT molecular complexity index is 3110. The number of hydrogen-bond donors (Lipinski definition) is 0. The van der Waals surface area contributed by atoms with Crippen molar-refractivity contribution < 1.29 is 4.42 Å². The molecule has 0 fully saturated rings. The summed E-state index contributed by atoms with van der Waals surface area (Å²) in [5.74, 6) is 0. The molecule has 1 heteroatoms. The van der Waals surface area contributed by atoms with Crippen LogP contribution >= 0.6 is 0 Å². The predicted octanol–water partition coefficient (Wildman–Crippen LogP) is 15.2. The third-order valence-corrected chi connectivity index (χ3v) is 12.4. The molecule has 0 amide bonds. The van der Waals surface area contributed by atoms with Crippen molar-refractivity contribution in [2.24, 2.45) is 0 Å². The second-order valence-electron chi connectivity index (χ2n) is 15.8. The number of hydrogen-bond acceptors (Lipinski definition) is 1. The van der Waals surface area contributed by atoms with Crippen molar-refractivity contribution in [2.45, 2.75) is 45.4 Å². The molecule has 0 saturated carbocycles. The average Bonchev–Trinajstić information content (AvgIpc) is 3.68. The zero-order valence-electron chi connectivity index (χ0n) is 31.0. The van der Waals surface area contributed by atoms with Gasteiger partial charge in [-0.05, 0) is 130 Å². The van der Waals surface area contributed by atoms with Crippen molar-refractivity contribution in [2.75, 3.05) is 0 Å². The average molecular weight is 693 g/mol. The molecule has 10 aromatic rings.